The number of carbonyl (C=O) groups is 1. The molecule has 0 saturated carbocycles. The Morgan fingerprint density at radius 1 is 1.14 bits per heavy atom. The van der Waals surface area contributed by atoms with Crippen molar-refractivity contribution < 1.29 is 18.8 Å². The van der Waals surface area contributed by atoms with Gasteiger partial charge in [-0.1, -0.05) is 36.4 Å². The van der Waals surface area contributed by atoms with Crippen molar-refractivity contribution in [2.24, 2.45) is 0 Å². The van der Waals surface area contributed by atoms with Gasteiger partial charge in [0.15, 0.2) is 0 Å². The van der Waals surface area contributed by atoms with Gasteiger partial charge < -0.3 is 9.64 Å². The maximum absolute atomic E-state index is 13.0. The second-order valence-electron chi connectivity index (χ2n) is 5.02. The number of carbonyl (C=O) groups excluding carboxylic acids is 1. The number of halogens is 1. The molecule has 2 aromatic rings. The minimum absolute atomic E-state index is 0.246. The molecule has 2 rings (SSSR count). The lowest BCUT2D eigenvalue weighted by atomic mass is 10.2. The summed E-state index contributed by atoms with van der Waals surface area (Å²) in [6.07, 6.45) is 0. The van der Waals surface area contributed by atoms with Crippen LogP contribution in [0.5, 0.6) is 0 Å². The molecule has 0 bridgehead atoms. The van der Waals surface area contributed by atoms with E-state index in [9.17, 15) is 9.18 Å². The highest BCUT2D eigenvalue weighted by Gasteiger charge is 2.09. The zero-order valence-corrected chi connectivity index (χ0v) is 12.0. The normalized spacial score (nSPS) is 11.9. The van der Waals surface area contributed by atoms with E-state index in [0.717, 1.165) is 6.54 Å². The number of quaternary nitrogens is 1. The minimum Gasteiger partial charge on any atom is -0.456 e. The Morgan fingerprint density at radius 3 is 2.62 bits per heavy atom. The van der Waals surface area contributed by atoms with E-state index in [2.05, 4.69) is 12.1 Å². The molecule has 4 heteroatoms. The van der Waals surface area contributed by atoms with Crippen LogP contribution < -0.4 is 4.90 Å². The van der Waals surface area contributed by atoms with Gasteiger partial charge in [0.25, 0.3) is 0 Å². The monoisotopic (exact) mass is 288 g/mol. The Labute approximate surface area is 124 Å². The standard InChI is InChI=1S/C17H18FNO2/c1-19(13-14-6-3-2-4-7-14)10-11-21-17(20)15-8-5-9-16(18)12-15/h2-9,12H,10-11,13H2,1H3/p+1. The van der Waals surface area contributed by atoms with Crippen molar-refractivity contribution in [3.05, 3.63) is 71.5 Å². The largest absolute Gasteiger partial charge is 0.456 e. The van der Waals surface area contributed by atoms with Crippen LogP contribution in [0.15, 0.2) is 54.6 Å². The summed E-state index contributed by atoms with van der Waals surface area (Å²) in [5.74, 6) is -0.918. The van der Waals surface area contributed by atoms with E-state index in [1.807, 2.05) is 25.2 Å². The van der Waals surface area contributed by atoms with E-state index in [1.54, 1.807) is 6.07 Å². The third kappa shape index (κ3) is 5.00. The molecule has 0 heterocycles. The van der Waals surface area contributed by atoms with Gasteiger partial charge >= 0.3 is 5.97 Å². The highest BCUT2D eigenvalue weighted by atomic mass is 19.1. The van der Waals surface area contributed by atoms with Crippen LogP contribution in [0.1, 0.15) is 15.9 Å². The zero-order valence-electron chi connectivity index (χ0n) is 12.0. The Bertz CT molecular complexity index is 586. The average molecular weight is 288 g/mol. The molecule has 0 radical (unpaired) electrons. The molecule has 1 atom stereocenters. The summed E-state index contributed by atoms with van der Waals surface area (Å²) < 4.78 is 18.2. The summed E-state index contributed by atoms with van der Waals surface area (Å²) >= 11 is 0. The second-order valence-corrected chi connectivity index (χ2v) is 5.02. The van der Waals surface area contributed by atoms with Gasteiger partial charge in [0.2, 0.25) is 0 Å². The molecule has 0 aromatic heterocycles. The molecule has 21 heavy (non-hydrogen) atoms. The first kappa shape index (κ1) is 15.2. The lowest BCUT2D eigenvalue weighted by molar-refractivity contribution is -0.893. The fourth-order valence-corrected chi connectivity index (χ4v) is 2.05. The van der Waals surface area contributed by atoms with Crippen LogP contribution in [0.3, 0.4) is 0 Å². The van der Waals surface area contributed by atoms with E-state index >= 15 is 0 Å². The van der Waals surface area contributed by atoms with E-state index in [0.29, 0.717) is 13.2 Å². The van der Waals surface area contributed by atoms with Gasteiger partial charge in [-0.05, 0) is 18.2 Å². The lowest BCUT2D eigenvalue weighted by Crippen LogP contribution is -3.08. The van der Waals surface area contributed by atoms with Crippen LogP contribution in [0.4, 0.5) is 4.39 Å². The number of hydrogen-bond donors (Lipinski definition) is 1. The fourth-order valence-electron chi connectivity index (χ4n) is 2.05. The first-order valence-electron chi connectivity index (χ1n) is 6.93. The van der Waals surface area contributed by atoms with Crippen molar-refractivity contribution in [2.75, 3.05) is 20.2 Å². The van der Waals surface area contributed by atoms with Gasteiger partial charge in [-0.3, -0.25) is 0 Å². The van der Waals surface area contributed by atoms with Crippen LogP contribution in [-0.2, 0) is 11.3 Å². The maximum atomic E-state index is 13.0. The first-order valence-corrected chi connectivity index (χ1v) is 6.93. The van der Waals surface area contributed by atoms with Gasteiger partial charge in [0, 0.05) is 5.56 Å². The molecular weight excluding hydrogens is 269 g/mol. The predicted octanol–water partition coefficient (Wildman–Crippen LogP) is 1.70. The number of rotatable bonds is 6. The van der Waals surface area contributed by atoms with Crippen LogP contribution in [0.25, 0.3) is 0 Å². The first-order chi connectivity index (χ1) is 10.1. The van der Waals surface area contributed by atoms with Crippen LogP contribution in [-0.4, -0.2) is 26.2 Å². The molecule has 1 unspecified atom stereocenters. The molecular formula is C17H19FNO2+. The summed E-state index contributed by atoms with van der Waals surface area (Å²) in [5.41, 5.74) is 1.49. The van der Waals surface area contributed by atoms with Crippen LogP contribution >= 0.6 is 0 Å². The van der Waals surface area contributed by atoms with Gasteiger partial charge in [-0.15, -0.1) is 0 Å². The van der Waals surface area contributed by atoms with Gasteiger partial charge in [0.1, 0.15) is 25.5 Å². The Hall–Kier alpha value is -2.20. The van der Waals surface area contributed by atoms with E-state index in [-0.39, 0.29) is 5.56 Å². The number of nitrogens with one attached hydrogen (secondary N) is 1. The van der Waals surface area contributed by atoms with Crippen molar-refractivity contribution in [3.63, 3.8) is 0 Å². The topological polar surface area (TPSA) is 30.7 Å². The zero-order chi connectivity index (χ0) is 15.1. The van der Waals surface area contributed by atoms with E-state index in [4.69, 9.17) is 4.74 Å². The van der Waals surface area contributed by atoms with Crippen molar-refractivity contribution in [1.82, 2.24) is 0 Å². The van der Waals surface area contributed by atoms with E-state index in [1.165, 1.54) is 28.7 Å². The van der Waals surface area contributed by atoms with Crippen molar-refractivity contribution >= 4 is 5.97 Å². The van der Waals surface area contributed by atoms with Crippen LogP contribution in [0, 0.1) is 5.82 Å². The molecule has 0 fully saturated rings. The molecule has 2 aromatic carbocycles. The summed E-state index contributed by atoms with van der Waals surface area (Å²) in [5, 5.41) is 0. The van der Waals surface area contributed by atoms with E-state index < -0.39 is 11.8 Å². The number of hydrogen-bond acceptors (Lipinski definition) is 2. The summed E-state index contributed by atoms with van der Waals surface area (Å²) in [7, 11) is 2.04. The molecule has 0 amide bonds. The average Bonchev–Trinajstić information content (AvgIpc) is 2.48. The third-order valence-electron chi connectivity index (χ3n) is 3.17. The molecule has 0 saturated heterocycles. The van der Waals surface area contributed by atoms with Gasteiger partial charge in [0.05, 0.1) is 12.6 Å². The number of ether oxygens (including phenoxy) is 1. The Morgan fingerprint density at radius 2 is 1.90 bits per heavy atom. The van der Waals surface area contributed by atoms with Crippen LogP contribution in [0.2, 0.25) is 0 Å². The van der Waals surface area contributed by atoms with Gasteiger partial charge in [-0.25, -0.2) is 9.18 Å². The fraction of sp³-hybridized carbons (Fsp3) is 0.235. The number of benzene rings is 2. The molecule has 3 nitrogen and oxygen atoms in total. The van der Waals surface area contributed by atoms with Crippen molar-refractivity contribution in [2.45, 2.75) is 6.54 Å². The molecule has 0 aliphatic rings. The maximum Gasteiger partial charge on any atom is 0.338 e. The molecule has 1 N–H and O–H groups in total. The van der Waals surface area contributed by atoms with Crippen molar-refractivity contribution in [1.29, 1.82) is 0 Å². The number of likely N-dealkylation sites (N-methyl/N-ethyl adjacent to an activating group) is 1. The molecule has 0 spiro atoms. The third-order valence-corrected chi connectivity index (χ3v) is 3.17. The summed E-state index contributed by atoms with van der Waals surface area (Å²) in [4.78, 5) is 13.0. The second kappa shape index (κ2) is 7.55. The lowest BCUT2D eigenvalue weighted by Gasteiger charge is -2.14. The smallest absolute Gasteiger partial charge is 0.338 e. The Kier molecular flexibility index (Phi) is 5.46. The summed E-state index contributed by atoms with van der Waals surface area (Å²) in [6, 6.07) is 15.7. The molecule has 110 valence electrons. The quantitative estimate of drug-likeness (QED) is 0.820. The van der Waals surface area contributed by atoms with Crippen molar-refractivity contribution in [3.8, 4) is 0 Å². The highest BCUT2D eigenvalue weighted by Crippen LogP contribution is 2.04. The molecule has 0 aliphatic carbocycles. The highest BCUT2D eigenvalue weighted by molar-refractivity contribution is 5.89. The number of esters is 1. The Balaban J connectivity index is 1.75. The minimum atomic E-state index is -0.484. The molecule has 0 aliphatic heterocycles. The predicted molar refractivity (Wildman–Crippen MR) is 78.6 cm³/mol. The SMILES string of the molecule is C[NH+](CCOC(=O)c1cccc(F)c1)Cc1ccccc1. The van der Waals surface area contributed by atoms with Gasteiger partial charge in [-0.2, -0.15) is 0 Å². The summed E-state index contributed by atoms with van der Waals surface area (Å²) in [6.45, 7) is 1.89.